The van der Waals surface area contributed by atoms with E-state index in [0.717, 1.165) is 11.3 Å². The molecule has 0 atom stereocenters. The standard InChI is InChI=1S/C27H38O8S8/c1-21-4-6-22(7-5-21)43(28,29)35-17-16-33-13-12-31-9-8-30-10-11-32-14-15-34-18-19-38-23-20-39-26(40-23)27-41-24(36-2)25(37-3)42-27/h4-7,20H,8-19H2,1-3H3. The first-order chi connectivity index (χ1) is 20.9. The van der Waals surface area contributed by atoms with Crippen LogP contribution in [0.25, 0.3) is 0 Å². The molecule has 0 spiro atoms. The van der Waals surface area contributed by atoms with Crippen molar-refractivity contribution in [3.63, 3.8) is 0 Å². The molecule has 1 aromatic carbocycles. The lowest BCUT2D eigenvalue weighted by molar-refractivity contribution is -0.0117. The average Bonchev–Trinajstić information content (AvgIpc) is 3.65. The average molecular weight is 747 g/mol. The molecule has 0 fully saturated rings. The summed E-state index contributed by atoms with van der Waals surface area (Å²) in [7, 11) is -3.76. The Morgan fingerprint density at radius 3 is 1.65 bits per heavy atom. The summed E-state index contributed by atoms with van der Waals surface area (Å²) < 4.78 is 63.6. The number of benzene rings is 1. The van der Waals surface area contributed by atoms with Crippen LogP contribution < -0.4 is 0 Å². The molecule has 0 unspecified atom stereocenters. The van der Waals surface area contributed by atoms with E-state index in [1.165, 1.54) is 33.3 Å². The van der Waals surface area contributed by atoms with Gasteiger partial charge in [-0.05, 0) is 37.0 Å². The van der Waals surface area contributed by atoms with E-state index in [1.807, 2.05) is 89.3 Å². The number of aryl methyl sites for hydroxylation is 1. The summed E-state index contributed by atoms with van der Waals surface area (Å²) in [5.41, 5.74) is 0.983. The van der Waals surface area contributed by atoms with Crippen molar-refractivity contribution in [1.82, 2.24) is 0 Å². The first-order valence-electron chi connectivity index (χ1n) is 13.4. The maximum Gasteiger partial charge on any atom is 0.297 e. The topological polar surface area (TPSA) is 89.5 Å². The van der Waals surface area contributed by atoms with Gasteiger partial charge in [0.2, 0.25) is 0 Å². The van der Waals surface area contributed by atoms with Gasteiger partial charge in [-0.15, -0.1) is 35.3 Å². The van der Waals surface area contributed by atoms with Gasteiger partial charge >= 0.3 is 0 Å². The van der Waals surface area contributed by atoms with Crippen molar-refractivity contribution in [3.05, 3.63) is 56.4 Å². The fourth-order valence-corrected chi connectivity index (χ4v) is 13.0. The number of rotatable bonds is 23. The normalized spacial score (nSPS) is 15.7. The minimum absolute atomic E-state index is 0.0468. The molecular formula is C27H38O8S8. The third-order valence-electron chi connectivity index (χ3n) is 5.27. The van der Waals surface area contributed by atoms with Gasteiger partial charge in [0.15, 0.2) is 0 Å². The molecule has 1 aromatic rings. The molecule has 0 saturated heterocycles. The molecule has 0 radical (unpaired) electrons. The van der Waals surface area contributed by atoms with Gasteiger partial charge in [-0.25, -0.2) is 0 Å². The van der Waals surface area contributed by atoms with Gasteiger partial charge in [-0.2, -0.15) is 8.42 Å². The van der Waals surface area contributed by atoms with Crippen molar-refractivity contribution >= 4 is 92.5 Å². The van der Waals surface area contributed by atoms with Crippen LogP contribution in [0.1, 0.15) is 5.56 Å². The molecule has 2 heterocycles. The minimum atomic E-state index is -3.76. The summed E-state index contributed by atoms with van der Waals surface area (Å²) in [4.78, 5) is 0.138. The molecule has 43 heavy (non-hydrogen) atoms. The molecular weight excluding hydrogens is 709 g/mol. The van der Waals surface area contributed by atoms with Crippen LogP contribution in [0, 0.1) is 6.92 Å². The summed E-state index contributed by atoms with van der Waals surface area (Å²) >= 11 is 13.0. The molecule has 2 aliphatic rings. The highest BCUT2D eigenvalue weighted by Gasteiger charge is 2.26. The molecule has 0 saturated carbocycles. The van der Waals surface area contributed by atoms with E-state index in [9.17, 15) is 8.42 Å². The Balaban J connectivity index is 1.04. The lowest BCUT2D eigenvalue weighted by Gasteiger charge is -2.08. The zero-order chi connectivity index (χ0) is 30.8. The van der Waals surface area contributed by atoms with Crippen LogP contribution in [0.3, 0.4) is 0 Å². The molecule has 0 aliphatic carbocycles. The molecule has 0 bridgehead atoms. The van der Waals surface area contributed by atoms with Crippen LogP contribution in [0.5, 0.6) is 0 Å². The van der Waals surface area contributed by atoms with Crippen molar-refractivity contribution in [2.24, 2.45) is 0 Å². The molecule has 2 aliphatic heterocycles. The number of ether oxygens (including phenoxy) is 5. The van der Waals surface area contributed by atoms with Gasteiger partial charge < -0.3 is 23.7 Å². The van der Waals surface area contributed by atoms with Crippen molar-refractivity contribution in [1.29, 1.82) is 0 Å². The van der Waals surface area contributed by atoms with Crippen LogP contribution in [-0.4, -0.2) is 99.4 Å². The van der Waals surface area contributed by atoms with Crippen LogP contribution in [0.2, 0.25) is 0 Å². The second-order valence-corrected chi connectivity index (χ2v) is 18.1. The van der Waals surface area contributed by atoms with Crippen molar-refractivity contribution in [3.8, 4) is 0 Å². The van der Waals surface area contributed by atoms with E-state index >= 15 is 0 Å². The van der Waals surface area contributed by atoms with Gasteiger partial charge in [-0.1, -0.05) is 64.7 Å². The van der Waals surface area contributed by atoms with Crippen LogP contribution >= 0.6 is 82.3 Å². The van der Waals surface area contributed by atoms with Crippen molar-refractivity contribution < 1.29 is 36.3 Å². The molecule has 3 rings (SSSR count). The lowest BCUT2D eigenvalue weighted by Crippen LogP contribution is -2.15. The van der Waals surface area contributed by atoms with Crippen LogP contribution in [0.4, 0.5) is 0 Å². The first kappa shape index (κ1) is 38.1. The Bertz CT molecular complexity index is 1150. The summed E-state index contributed by atoms with van der Waals surface area (Å²) in [6.45, 7) is 6.45. The molecule has 0 aromatic heterocycles. The van der Waals surface area contributed by atoms with Crippen molar-refractivity contribution in [2.75, 3.05) is 90.9 Å². The summed E-state index contributed by atoms with van der Waals surface area (Å²) in [6, 6.07) is 6.52. The molecule has 0 N–H and O–H groups in total. The smallest absolute Gasteiger partial charge is 0.297 e. The maximum absolute atomic E-state index is 12.1. The Morgan fingerprint density at radius 1 is 0.651 bits per heavy atom. The van der Waals surface area contributed by atoms with Gasteiger partial charge in [0.25, 0.3) is 10.1 Å². The van der Waals surface area contributed by atoms with Gasteiger partial charge in [-0.3, -0.25) is 4.18 Å². The predicted octanol–water partition coefficient (Wildman–Crippen LogP) is 7.25. The summed E-state index contributed by atoms with van der Waals surface area (Å²) in [6.07, 6.45) is 4.29. The van der Waals surface area contributed by atoms with E-state index < -0.39 is 10.1 Å². The largest absolute Gasteiger partial charge is 0.378 e. The zero-order valence-electron chi connectivity index (χ0n) is 24.4. The SMILES string of the molecule is CSC1=C(SC)SC(=C2SC=C(SCCOCCOCCOCCOCCOCCOS(=O)(=O)c3ccc(C)cc3)S2)S1. The third kappa shape index (κ3) is 14.9. The number of thioether (sulfide) groups is 7. The predicted molar refractivity (Wildman–Crippen MR) is 190 cm³/mol. The van der Waals surface area contributed by atoms with E-state index in [0.29, 0.717) is 59.5 Å². The highest BCUT2D eigenvalue weighted by molar-refractivity contribution is 8.43. The van der Waals surface area contributed by atoms with Crippen LogP contribution in [0.15, 0.2) is 55.8 Å². The van der Waals surface area contributed by atoms with E-state index in [1.54, 1.807) is 12.1 Å². The van der Waals surface area contributed by atoms with Gasteiger partial charge in [0, 0.05) is 5.75 Å². The fraction of sp³-hybridized carbons (Fsp3) is 0.556. The quantitative estimate of drug-likeness (QED) is 0.0831. The van der Waals surface area contributed by atoms with Gasteiger partial charge in [0.1, 0.15) is 0 Å². The zero-order valence-corrected chi connectivity index (χ0v) is 30.9. The Labute approximate surface area is 285 Å². The third-order valence-corrected chi connectivity index (χ3v) is 16.0. The van der Waals surface area contributed by atoms with Gasteiger partial charge in [0.05, 0.1) is 98.8 Å². The van der Waals surface area contributed by atoms with Crippen LogP contribution in [-0.2, 0) is 38.0 Å². The summed E-state index contributed by atoms with van der Waals surface area (Å²) in [5.74, 6) is 0.921. The maximum atomic E-state index is 12.1. The lowest BCUT2D eigenvalue weighted by atomic mass is 10.2. The number of hydrogen-bond acceptors (Lipinski definition) is 15. The Hall–Kier alpha value is 0.600. The summed E-state index contributed by atoms with van der Waals surface area (Å²) in [5, 5.41) is 2.25. The van der Waals surface area contributed by atoms with E-state index in [2.05, 4.69) is 17.9 Å². The highest BCUT2D eigenvalue weighted by atomic mass is 32.3. The molecule has 16 heteroatoms. The molecule has 8 nitrogen and oxygen atoms in total. The minimum Gasteiger partial charge on any atom is -0.378 e. The fourth-order valence-electron chi connectivity index (χ4n) is 3.16. The van der Waals surface area contributed by atoms with E-state index in [-0.39, 0.29) is 18.1 Å². The monoisotopic (exact) mass is 746 g/mol. The Kier molecular flexibility index (Phi) is 19.7. The first-order valence-corrected chi connectivity index (χ1v) is 21.5. The van der Waals surface area contributed by atoms with Crippen molar-refractivity contribution in [2.45, 2.75) is 11.8 Å². The second kappa shape index (κ2) is 22.2. The second-order valence-electron chi connectivity index (χ2n) is 8.42. The molecule has 0 amide bonds. The van der Waals surface area contributed by atoms with E-state index in [4.69, 9.17) is 27.9 Å². The molecule has 242 valence electrons. The number of hydrogen-bond donors (Lipinski definition) is 0. The highest BCUT2D eigenvalue weighted by Crippen LogP contribution is 2.62. The Morgan fingerprint density at radius 2 is 1.14 bits per heavy atom.